The number of hydrogen-bond acceptors (Lipinski definition) is 1. The molecule has 2 unspecified atom stereocenters. The SMILES string of the molecule is CC(CCCC(F)(F)F)NC(C)Cc1ccccc1Cl. The van der Waals surface area contributed by atoms with Crippen LogP contribution in [0.3, 0.4) is 0 Å². The minimum Gasteiger partial charge on any atom is -0.311 e. The fourth-order valence-electron chi connectivity index (χ4n) is 2.23. The van der Waals surface area contributed by atoms with E-state index >= 15 is 0 Å². The summed E-state index contributed by atoms with van der Waals surface area (Å²) >= 11 is 6.09. The number of rotatable bonds is 7. The van der Waals surface area contributed by atoms with Crippen LogP contribution in [0.2, 0.25) is 5.02 Å². The summed E-state index contributed by atoms with van der Waals surface area (Å²) in [7, 11) is 0. The summed E-state index contributed by atoms with van der Waals surface area (Å²) in [4.78, 5) is 0. The fraction of sp³-hybridized carbons (Fsp3) is 0.600. The second kappa shape index (κ2) is 7.89. The van der Waals surface area contributed by atoms with E-state index in [1.54, 1.807) is 0 Å². The van der Waals surface area contributed by atoms with Gasteiger partial charge in [-0.3, -0.25) is 0 Å². The molecule has 0 amide bonds. The zero-order valence-corrected chi connectivity index (χ0v) is 12.6. The molecule has 0 saturated carbocycles. The first-order chi connectivity index (χ1) is 9.28. The van der Waals surface area contributed by atoms with E-state index in [1.807, 2.05) is 38.1 Å². The minimum absolute atomic E-state index is 0.0647. The Kier molecular flexibility index (Phi) is 6.83. The van der Waals surface area contributed by atoms with Crippen molar-refractivity contribution in [2.24, 2.45) is 0 Å². The van der Waals surface area contributed by atoms with Crippen LogP contribution in [-0.2, 0) is 6.42 Å². The smallest absolute Gasteiger partial charge is 0.311 e. The number of nitrogens with one attached hydrogen (secondary N) is 1. The van der Waals surface area contributed by atoms with Crippen LogP contribution in [0.25, 0.3) is 0 Å². The van der Waals surface area contributed by atoms with E-state index in [1.165, 1.54) is 0 Å². The van der Waals surface area contributed by atoms with E-state index in [0.717, 1.165) is 17.0 Å². The molecule has 0 aromatic heterocycles. The van der Waals surface area contributed by atoms with Crippen molar-refractivity contribution in [2.75, 3.05) is 0 Å². The average Bonchev–Trinajstić information content (AvgIpc) is 2.30. The second-order valence-electron chi connectivity index (χ2n) is 5.27. The highest BCUT2D eigenvalue weighted by Gasteiger charge is 2.26. The number of benzene rings is 1. The van der Waals surface area contributed by atoms with Gasteiger partial charge in [0.2, 0.25) is 0 Å². The van der Waals surface area contributed by atoms with E-state index < -0.39 is 12.6 Å². The lowest BCUT2D eigenvalue weighted by atomic mass is 10.0. The molecule has 0 radical (unpaired) electrons. The van der Waals surface area contributed by atoms with Crippen LogP contribution < -0.4 is 5.32 Å². The highest BCUT2D eigenvalue weighted by atomic mass is 35.5. The van der Waals surface area contributed by atoms with Gasteiger partial charge in [0.25, 0.3) is 0 Å². The highest BCUT2D eigenvalue weighted by Crippen LogP contribution is 2.23. The van der Waals surface area contributed by atoms with Gasteiger partial charge in [-0.05, 0) is 44.7 Å². The predicted octanol–water partition coefficient (Wildman–Crippen LogP) is 4.98. The van der Waals surface area contributed by atoms with Gasteiger partial charge in [0, 0.05) is 23.5 Å². The van der Waals surface area contributed by atoms with E-state index in [2.05, 4.69) is 5.32 Å². The molecule has 1 aromatic carbocycles. The fourth-order valence-corrected chi connectivity index (χ4v) is 2.44. The van der Waals surface area contributed by atoms with Gasteiger partial charge in [0.05, 0.1) is 0 Å². The third-order valence-corrected chi connectivity index (χ3v) is 3.52. The number of alkyl halides is 3. The minimum atomic E-state index is -4.05. The molecule has 0 aliphatic rings. The molecule has 1 N–H and O–H groups in total. The summed E-state index contributed by atoms with van der Waals surface area (Å²) in [5.41, 5.74) is 1.05. The van der Waals surface area contributed by atoms with Crippen molar-refractivity contribution in [2.45, 2.75) is 57.8 Å². The zero-order valence-electron chi connectivity index (χ0n) is 11.8. The molecular weight excluding hydrogens is 287 g/mol. The average molecular weight is 308 g/mol. The lowest BCUT2D eigenvalue weighted by Crippen LogP contribution is -2.36. The van der Waals surface area contributed by atoms with E-state index in [4.69, 9.17) is 11.6 Å². The summed E-state index contributed by atoms with van der Waals surface area (Å²) in [6.45, 7) is 3.93. The van der Waals surface area contributed by atoms with Gasteiger partial charge in [-0.2, -0.15) is 13.2 Å². The topological polar surface area (TPSA) is 12.0 Å². The molecule has 0 bridgehead atoms. The maximum Gasteiger partial charge on any atom is 0.389 e. The van der Waals surface area contributed by atoms with Crippen LogP contribution in [0.1, 0.15) is 38.7 Å². The summed E-state index contributed by atoms with van der Waals surface area (Å²) in [6.07, 6.45) is -3.31. The van der Waals surface area contributed by atoms with Crippen molar-refractivity contribution in [1.29, 1.82) is 0 Å². The molecule has 20 heavy (non-hydrogen) atoms. The van der Waals surface area contributed by atoms with Crippen molar-refractivity contribution in [3.63, 3.8) is 0 Å². The maximum atomic E-state index is 12.1. The molecule has 5 heteroatoms. The van der Waals surface area contributed by atoms with Crippen molar-refractivity contribution in [1.82, 2.24) is 5.32 Å². The van der Waals surface area contributed by atoms with Crippen LogP contribution >= 0.6 is 11.6 Å². The molecule has 0 aliphatic carbocycles. The molecular formula is C15H21ClF3N. The number of hydrogen-bond donors (Lipinski definition) is 1. The quantitative estimate of drug-likeness (QED) is 0.749. The van der Waals surface area contributed by atoms with Gasteiger partial charge in [-0.25, -0.2) is 0 Å². The second-order valence-corrected chi connectivity index (χ2v) is 5.68. The molecule has 0 heterocycles. The molecule has 114 valence electrons. The molecule has 1 aromatic rings. The summed E-state index contributed by atoms with van der Waals surface area (Å²) in [5.74, 6) is 0. The zero-order chi connectivity index (χ0) is 15.2. The first-order valence-electron chi connectivity index (χ1n) is 6.84. The lowest BCUT2D eigenvalue weighted by Gasteiger charge is -2.20. The Balaban J connectivity index is 2.31. The normalized spacial score (nSPS) is 15.1. The number of halogens is 4. The summed E-state index contributed by atoms with van der Waals surface area (Å²) < 4.78 is 36.2. The van der Waals surface area contributed by atoms with Crippen molar-refractivity contribution in [3.05, 3.63) is 34.9 Å². The molecule has 0 spiro atoms. The van der Waals surface area contributed by atoms with E-state index in [9.17, 15) is 13.2 Å². The predicted molar refractivity (Wildman–Crippen MR) is 77.1 cm³/mol. The van der Waals surface area contributed by atoms with Gasteiger partial charge < -0.3 is 5.32 Å². The molecule has 1 rings (SSSR count). The highest BCUT2D eigenvalue weighted by molar-refractivity contribution is 6.31. The lowest BCUT2D eigenvalue weighted by molar-refractivity contribution is -0.135. The Labute approximate surface area is 123 Å². The maximum absolute atomic E-state index is 12.1. The van der Waals surface area contributed by atoms with Crippen LogP contribution in [0.4, 0.5) is 13.2 Å². The van der Waals surface area contributed by atoms with Crippen LogP contribution in [0, 0.1) is 0 Å². The molecule has 0 saturated heterocycles. The Hall–Kier alpha value is -0.740. The monoisotopic (exact) mass is 307 g/mol. The molecule has 1 nitrogen and oxygen atoms in total. The molecule has 0 fully saturated rings. The van der Waals surface area contributed by atoms with Gasteiger partial charge in [-0.1, -0.05) is 29.8 Å². The van der Waals surface area contributed by atoms with Gasteiger partial charge >= 0.3 is 6.18 Å². The van der Waals surface area contributed by atoms with Crippen molar-refractivity contribution >= 4 is 11.6 Å². The first kappa shape index (κ1) is 17.3. The molecule has 0 aliphatic heterocycles. The third-order valence-electron chi connectivity index (χ3n) is 3.15. The molecule has 2 atom stereocenters. The van der Waals surface area contributed by atoms with Gasteiger partial charge in [-0.15, -0.1) is 0 Å². The van der Waals surface area contributed by atoms with Crippen molar-refractivity contribution < 1.29 is 13.2 Å². The van der Waals surface area contributed by atoms with E-state index in [-0.39, 0.29) is 18.5 Å². The van der Waals surface area contributed by atoms with Crippen molar-refractivity contribution in [3.8, 4) is 0 Å². The Morgan fingerprint density at radius 2 is 1.80 bits per heavy atom. The van der Waals surface area contributed by atoms with Gasteiger partial charge in [0.1, 0.15) is 0 Å². The Bertz CT molecular complexity index is 406. The van der Waals surface area contributed by atoms with Crippen LogP contribution in [0.15, 0.2) is 24.3 Å². The summed E-state index contributed by atoms with van der Waals surface area (Å²) in [6, 6.07) is 7.86. The summed E-state index contributed by atoms with van der Waals surface area (Å²) in [5, 5.41) is 4.04. The third kappa shape index (κ3) is 7.15. The van der Waals surface area contributed by atoms with E-state index in [0.29, 0.717) is 6.42 Å². The standard InChI is InChI=1S/C15H21ClF3N/c1-11(6-5-9-15(17,18)19)20-12(2)10-13-7-3-4-8-14(13)16/h3-4,7-8,11-12,20H,5-6,9-10H2,1-2H3. The first-order valence-corrected chi connectivity index (χ1v) is 7.22. The Morgan fingerprint density at radius 1 is 1.15 bits per heavy atom. The Morgan fingerprint density at radius 3 is 2.40 bits per heavy atom. The van der Waals surface area contributed by atoms with Crippen LogP contribution in [0.5, 0.6) is 0 Å². The van der Waals surface area contributed by atoms with Gasteiger partial charge in [0.15, 0.2) is 0 Å². The largest absolute Gasteiger partial charge is 0.389 e. The van der Waals surface area contributed by atoms with Crippen LogP contribution in [-0.4, -0.2) is 18.3 Å².